The number of nitrogens with zero attached hydrogens (tertiary/aromatic N) is 4. The molecule has 2 aliphatic rings. The third-order valence-corrected chi connectivity index (χ3v) is 4.88. The SMILES string of the molecule is Cc1noc(CN2CCN(C(=O)CCC3CCNCC3)CC2)n1.Cl.Cl. The lowest BCUT2D eigenvalue weighted by molar-refractivity contribution is -0.133. The van der Waals surface area contributed by atoms with Crippen LogP contribution in [0, 0.1) is 12.8 Å². The minimum atomic E-state index is 0. The smallest absolute Gasteiger partial charge is 0.240 e. The minimum Gasteiger partial charge on any atom is -0.340 e. The van der Waals surface area contributed by atoms with E-state index in [1.54, 1.807) is 0 Å². The Morgan fingerprint density at radius 3 is 2.48 bits per heavy atom. The highest BCUT2D eigenvalue weighted by Gasteiger charge is 2.23. The molecule has 0 saturated carbocycles. The first-order valence-electron chi connectivity index (χ1n) is 8.71. The van der Waals surface area contributed by atoms with Gasteiger partial charge in [-0.3, -0.25) is 9.69 Å². The Morgan fingerprint density at radius 1 is 1.20 bits per heavy atom. The predicted molar refractivity (Wildman–Crippen MR) is 100 cm³/mol. The second-order valence-electron chi connectivity index (χ2n) is 6.62. The maximum absolute atomic E-state index is 12.4. The zero-order chi connectivity index (χ0) is 16.1. The molecule has 0 aliphatic carbocycles. The van der Waals surface area contributed by atoms with Crippen molar-refractivity contribution in [3.05, 3.63) is 11.7 Å². The molecule has 0 unspecified atom stereocenters. The van der Waals surface area contributed by atoms with Gasteiger partial charge in [-0.05, 0) is 45.2 Å². The second-order valence-corrected chi connectivity index (χ2v) is 6.62. The molecule has 144 valence electrons. The summed E-state index contributed by atoms with van der Waals surface area (Å²) in [6.45, 7) is 8.07. The van der Waals surface area contributed by atoms with Crippen molar-refractivity contribution in [1.29, 1.82) is 0 Å². The number of hydrogen-bond donors (Lipinski definition) is 1. The summed E-state index contributed by atoms with van der Waals surface area (Å²) in [7, 11) is 0. The van der Waals surface area contributed by atoms with Crippen LogP contribution in [0.15, 0.2) is 4.52 Å². The van der Waals surface area contributed by atoms with Gasteiger partial charge in [-0.25, -0.2) is 0 Å². The molecule has 0 spiro atoms. The molecule has 9 heteroatoms. The van der Waals surface area contributed by atoms with Gasteiger partial charge in [-0.1, -0.05) is 5.16 Å². The van der Waals surface area contributed by atoms with Gasteiger partial charge in [0.05, 0.1) is 6.54 Å². The molecule has 1 aromatic rings. The van der Waals surface area contributed by atoms with Crippen LogP contribution < -0.4 is 5.32 Å². The average molecular weight is 394 g/mol. The molecular formula is C16H29Cl2N5O2. The quantitative estimate of drug-likeness (QED) is 0.819. The Bertz CT molecular complexity index is 514. The van der Waals surface area contributed by atoms with E-state index in [0.29, 0.717) is 30.6 Å². The lowest BCUT2D eigenvalue weighted by atomic mass is 9.93. The monoisotopic (exact) mass is 393 g/mol. The van der Waals surface area contributed by atoms with Crippen molar-refractivity contribution >= 4 is 30.7 Å². The van der Waals surface area contributed by atoms with Gasteiger partial charge < -0.3 is 14.7 Å². The van der Waals surface area contributed by atoms with Crippen LogP contribution in [0.2, 0.25) is 0 Å². The van der Waals surface area contributed by atoms with Gasteiger partial charge in [0.15, 0.2) is 5.82 Å². The summed E-state index contributed by atoms with van der Waals surface area (Å²) in [5.41, 5.74) is 0. The predicted octanol–water partition coefficient (Wildman–Crippen LogP) is 1.65. The van der Waals surface area contributed by atoms with E-state index in [2.05, 4.69) is 20.4 Å². The van der Waals surface area contributed by atoms with Gasteiger partial charge in [0.2, 0.25) is 11.8 Å². The summed E-state index contributed by atoms with van der Waals surface area (Å²) < 4.78 is 5.16. The summed E-state index contributed by atoms with van der Waals surface area (Å²) in [5, 5.41) is 7.19. The first-order chi connectivity index (χ1) is 11.2. The summed E-state index contributed by atoms with van der Waals surface area (Å²) >= 11 is 0. The zero-order valence-corrected chi connectivity index (χ0v) is 16.4. The lowest BCUT2D eigenvalue weighted by Crippen LogP contribution is -2.48. The Hall–Kier alpha value is -0.890. The van der Waals surface area contributed by atoms with Crippen molar-refractivity contribution in [3.8, 4) is 0 Å². The topological polar surface area (TPSA) is 74.5 Å². The third-order valence-electron chi connectivity index (χ3n) is 4.88. The van der Waals surface area contributed by atoms with Gasteiger partial charge in [0.25, 0.3) is 0 Å². The first-order valence-corrected chi connectivity index (χ1v) is 8.71. The fraction of sp³-hybridized carbons (Fsp3) is 0.812. The molecule has 0 aromatic carbocycles. The molecule has 0 bridgehead atoms. The molecule has 25 heavy (non-hydrogen) atoms. The number of carbonyl (C=O) groups excluding carboxylic acids is 1. The normalized spacial score (nSPS) is 19.2. The fourth-order valence-electron chi connectivity index (χ4n) is 3.41. The molecule has 7 nitrogen and oxygen atoms in total. The van der Waals surface area contributed by atoms with Crippen molar-refractivity contribution in [3.63, 3.8) is 0 Å². The number of amides is 1. The average Bonchev–Trinajstić information content (AvgIpc) is 2.99. The number of rotatable bonds is 5. The van der Waals surface area contributed by atoms with Crippen molar-refractivity contribution in [2.75, 3.05) is 39.3 Å². The third kappa shape index (κ3) is 6.73. The van der Waals surface area contributed by atoms with Crippen LogP contribution in [0.4, 0.5) is 0 Å². The maximum Gasteiger partial charge on any atom is 0.240 e. The van der Waals surface area contributed by atoms with E-state index >= 15 is 0 Å². The van der Waals surface area contributed by atoms with E-state index < -0.39 is 0 Å². The summed E-state index contributed by atoms with van der Waals surface area (Å²) in [6, 6.07) is 0. The van der Waals surface area contributed by atoms with E-state index in [-0.39, 0.29) is 24.8 Å². The molecule has 2 saturated heterocycles. The van der Waals surface area contributed by atoms with Crippen LogP contribution in [-0.4, -0.2) is 65.1 Å². The number of piperidine rings is 1. The van der Waals surface area contributed by atoms with Gasteiger partial charge in [0, 0.05) is 32.6 Å². The van der Waals surface area contributed by atoms with Gasteiger partial charge in [0.1, 0.15) is 0 Å². The van der Waals surface area contributed by atoms with E-state index in [9.17, 15) is 4.79 Å². The van der Waals surface area contributed by atoms with E-state index in [0.717, 1.165) is 51.6 Å². The van der Waals surface area contributed by atoms with Gasteiger partial charge in [-0.15, -0.1) is 24.8 Å². The number of hydrogen-bond acceptors (Lipinski definition) is 6. The van der Waals surface area contributed by atoms with Crippen LogP contribution >= 0.6 is 24.8 Å². The standard InChI is InChI=1S/C16H27N5O2.2ClH/c1-13-18-15(23-19-13)12-20-8-10-21(11-9-20)16(22)3-2-14-4-6-17-7-5-14;;/h14,17H,2-12H2,1H3;2*1H. The Labute approximate surface area is 161 Å². The Morgan fingerprint density at radius 2 is 1.88 bits per heavy atom. The Kier molecular flexibility index (Phi) is 9.71. The number of piperazine rings is 1. The Balaban J connectivity index is 0.00000156. The van der Waals surface area contributed by atoms with E-state index in [1.807, 2.05) is 11.8 Å². The van der Waals surface area contributed by atoms with Crippen molar-refractivity contribution in [2.24, 2.45) is 5.92 Å². The number of halogens is 2. The van der Waals surface area contributed by atoms with Crippen LogP contribution in [0.3, 0.4) is 0 Å². The number of aryl methyl sites for hydroxylation is 1. The molecule has 2 aliphatic heterocycles. The molecule has 0 atom stereocenters. The van der Waals surface area contributed by atoms with Gasteiger partial charge in [-0.2, -0.15) is 4.98 Å². The highest BCUT2D eigenvalue weighted by molar-refractivity contribution is 5.85. The van der Waals surface area contributed by atoms with Crippen molar-refractivity contribution in [2.45, 2.75) is 39.2 Å². The molecule has 2 fully saturated rings. The molecular weight excluding hydrogens is 365 g/mol. The highest BCUT2D eigenvalue weighted by Crippen LogP contribution is 2.19. The first kappa shape index (κ1) is 22.2. The number of nitrogens with one attached hydrogen (secondary N) is 1. The number of carbonyl (C=O) groups is 1. The largest absolute Gasteiger partial charge is 0.340 e. The highest BCUT2D eigenvalue weighted by atomic mass is 35.5. The molecule has 3 heterocycles. The molecule has 1 amide bonds. The van der Waals surface area contributed by atoms with Crippen molar-refractivity contribution in [1.82, 2.24) is 25.3 Å². The van der Waals surface area contributed by atoms with Crippen LogP contribution in [0.5, 0.6) is 0 Å². The summed E-state index contributed by atoms with van der Waals surface area (Å²) in [6.07, 6.45) is 4.17. The van der Waals surface area contributed by atoms with Crippen molar-refractivity contribution < 1.29 is 9.32 Å². The molecule has 1 aromatic heterocycles. The second kappa shape index (κ2) is 11.0. The summed E-state index contributed by atoms with van der Waals surface area (Å²) in [5.74, 6) is 2.37. The zero-order valence-electron chi connectivity index (χ0n) is 14.8. The van der Waals surface area contributed by atoms with Crippen LogP contribution in [0.1, 0.15) is 37.4 Å². The molecule has 1 N–H and O–H groups in total. The van der Waals surface area contributed by atoms with E-state index in [4.69, 9.17) is 4.52 Å². The maximum atomic E-state index is 12.4. The van der Waals surface area contributed by atoms with Gasteiger partial charge >= 0.3 is 0 Å². The molecule has 3 rings (SSSR count). The number of aromatic nitrogens is 2. The van der Waals surface area contributed by atoms with E-state index in [1.165, 1.54) is 12.8 Å². The van der Waals surface area contributed by atoms with Crippen LogP contribution in [-0.2, 0) is 11.3 Å². The fourth-order valence-corrected chi connectivity index (χ4v) is 3.41. The molecule has 0 radical (unpaired) electrons. The summed E-state index contributed by atoms with van der Waals surface area (Å²) in [4.78, 5) is 20.9. The lowest BCUT2D eigenvalue weighted by Gasteiger charge is -2.34. The minimum absolute atomic E-state index is 0. The van der Waals surface area contributed by atoms with Crippen LogP contribution in [0.25, 0.3) is 0 Å².